The largest absolute Gasteiger partial charge is 0.355 e. The molecule has 1 aliphatic rings. The third-order valence-corrected chi connectivity index (χ3v) is 4.11. The standard InChI is InChI=1S/C14H16N6O/c1-9-12-13(15-8-16-14(12)21-19-9)20-6-2-3-10(7-20)11-4-5-17-18-11/h4-5,8,10H,2-3,6-7H2,1H3,(H,17,18). The second-order valence-electron chi connectivity index (χ2n) is 5.44. The SMILES string of the molecule is Cc1noc2ncnc(N3CCCC(c4ccn[nH]4)C3)c12. The number of nitrogens with zero attached hydrogens (tertiary/aromatic N) is 5. The van der Waals surface area contributed by atoms with E-state index in [4.69, 9.17) is 4.52 Å². The lowest BCUT2D eigenvalue weighted by Gasteiger charge is -2.33. The highest BCUT2D eigenvalue weighted by Gasteiger charge is 2.25. The van der Waals surface area contributed by atoms with Crippen molar-refractivity contribution in [1.29, 1.82) is 0 Å². The summed E-state index contributed by atoms with van der Waals surface area (Å²) in [6.07, 6.45) is 5.64. The maximum Gasteiger partial charge on any atom is 0.263 e. The number of hydrogen-bond donors (Lipinski definition) is 1. The van der Waals surface area contributed by atoms with Crippen LogP contribution in [0.1, 0.15) is 30.1 Å². The lowest BCUT2D eigenvalue weighted by Crippen LogP contribution is -2.35. The summed E-state index contributed by atoms with van der Waals surface area (Å²) >= 11 is 0. The van der Waals surface area contributed by atoms with Crippen molar-refractivity contribution < 1.29 is 4.52 Å². The van der Waals surface area contributed by atoms with Gasteiger partial charge in [0.05, 0.1) is 5.69 Å². The first-order valence-electron chi connectivity index (χ1n) is 7.14. The number of anilines is 1. The summed E-state index contributed by atoms with van der Waals surface area (Å²) in [5.74, 6) is 1.37. The van der Waals surface area contributed by atoms with Gasteiger partial charge in [-0.2, -0.15) is 10.1 Å². The van der Waals surface area contributed by atoms with Crippen LogP contribution in [0, 0.1) is 6.92 Å². The molecule has 0 spiro atoms. The number of nitrogens with one attached hydrogen (secondary N) is 1. The first kappa shape index (κ1) is 12.3. The van der Waals surface area contributed by atoms with Crippen LogP contribution in [0.4, 0.5) is 5.82 Å². The highest BCUT2D eigenvalue weighted by Crippen LogP contribution is 2.32. The molecule has 4 heterocycles. The van der Waals surface area contributed by atoms with Crippen molar-refractivity contribution in [3.63, 3.8) is 0 Å². The summed E-state index contributed by atoms with van der Waals surface area (Å²) in [6.45, 7) is 3.83. The van der Waals surface area contributed by atoms with Gasteiger partial charge in [0.2, 0.25) is 0 Å². The molecule has 0 amide bonds. The van der Waals surface area contributed by atoms with Crippen molar-refractivity contribution in [3.05, 3.63) is 30.0 Å². The Labute approximate surface area is 121 Å². The average molecular weight is 284 g/mol. The number of fused-ring (bicyclic) bond motifs is 1. The van der Waals surface area contributed by atoms with E-state index in [9.17, 15) is 0 Å². The van der Waals surface area contributed by atoms with Crippen LogP contribution in [0.5, 0.6) is 0 Å². The molecule has 1 saturated heterocycles. The van der Waals surface area contributed by atoms with E-state index < -0.39 is 0 Å². The maximum absolute atomic E-state index is 5.24. The number of aromatic nitrogens is 5. The van der Waals surface area contributed by atoms with Gasteiger partial charge in [0.15, 0.2) is 0 Å². The molecule has 1 fully saturated rings. The summed E-state index contributed by atoms with van der Waals surface area (Å²) in [5.41, 5.74) is 2.58. The molecule has 108 valence electrons. The zero-order chi connectivity index (χ0) is 14.2. The van der Waals surface area contributed by atoms with E-state index in [1.54, 1.807) is 12.5 Å². The predicted molar refractivity (Wildman–Crippen MR) is 77.1 cm³/mol. The molecule has 0 aliphatic carbocycles. The predicted octanol–water partition coefficient (Wildman–Crippen LogP) is 2.03. The van der Waals surface area contributed by atoms with Gasteiger partial charge in [-0.25, -0.2) is 4.98 Å². The molecule has 1 unspecified atom stereocenters. The molecule has 0 aromatic carbocycles. The molecule has 3 aromatic rings. The Morgan fingerprint density at radius 2 is 2.33 bits per heavy atom. The molecule has 0 bridgehead atoms. The lowest BCUT2D eigenvalue weighted by molar-refractivity contribution is 0.442. The second kappa shape index (κ2) is 4.83. The number of aryl methyl sites for hydroxylation is 1. The zero-order valence-corrected chi connectivity index (χ0v) is 11.8. The van der Waals surface area contributed by atoms with E-state index in [0.717, 1.165) is 42.8 Å². The molecule has 3 aromatic heterocycles. The van der Waals surface area contributed by atoms with Gasteiger partial charge in [-0.1, -0.05) is 5.16 Å². The highest BCUT2D eigenvalue weighted by atomic mass is 16.5. The first-order valence-corrected chi connectivity index (χ1v) is 7.14. The quantitative estimate of drug-likeness (QED) is 0.775. The summed E-state index contributed by atoms with van der Waals surface area (Å²) in [6, 6.07) is 2.05. The monoisotopic (exact) mass is 284 g/mol. The average Bonchev–Trinajstić information content (AvgIpc) is 3.18. The van der Waals surface area contributed by atoms with E-state index in [-0.39, 0.29) is 0 Å². The summed E-state index contributed by atoms with van der Waals surface area (Å²) in [5, 5.41) is 12.1. The van der Waals surface area contributed by atoms with Crippen LogP contribution in [0.3, 0.4) is 0 Å². The van der Waals surface area contributed by atoms with Crippen LogP contribution in [-0.2, 0) is 0 Å². The van der Waals surface area contributed by atoms with Gasteiger partial charge < -0.3 is 9.42 Å². The Hall–Kier alpha value is -2.44. The van der Waals surface area contributed by atoms with Gasteiger partial charge in [0, 0.05) is 30.9 Å². The van der Waals surface area contributed by atoms with Crippen LogP contribution < -0.4 is 4.90 Å². The number of piperidine rings is 1. The van der Waals surface area contributed by atoms with Crippen molar-refractivity contribution in [1.82, 2.24) is 25.3 Å². The zero-order valence-electron chi connectivity index (χ0n) is 11.8. The molecular formula is C14H16N6O. The van der Waals surface area contributed by atoms with E-state index in [1.807, 2.05) is 13.0 Å². The fraction of sp³-hybridized carbons (Fsp3) is 0.429. The van der Waals surface area contributed by atoms with Crippen LogP contribution in [0.15, 0.2) is 23.1 Å². The van der Waals surface area contributed by atoms with Crippen LogP contribution in [-0.4, -0.2) is 38.4 Å². The topological polar surface area (TPSA) is 83.7 Å². The minimum absolute atomic E-state index is 0.450. The Bertz CT molecular complexity index is 750. The van der Waals surface area contributed by atoms with Crippen molar-refractivity contribution in [2.75, 3.05) is 18.0 Å². The van der Waals surface area contributed by atoms with Gasteiger partial charge in [0.25, 0.3) is 5.71 Å². The van der Waals surface area contributed by atoms with Crippen LogP contribution >= 0.6 is 0 Å². The van der Waals surface area contributed by atoms with Gasteiger partial charge >= 0.3 is 0 Å². The minimum Gasteiger partial charge on any atom is -0.355 e. The highest BCUT2D eigenvalue weighted by molar-refractivity contribution is 5.87. The van der Waals surface area contributed by atoms with E-state index in [2.05, 4.69) is 30.2 Å². The minimum atomic E-state index is 0.450. The van der Waals surface area contributed by atoms with Crippen molar-refractivity contribution in [2.24, 2.45) is 0 Å². The maximum atomic E-state index is 5.24. The Morgan fingerprint density at radius 3 is 3.19 bits per heavy atom. The Morgan fingerprint density at radius 1 is 1.38 bits per heavy atom. The number of aromatic amines is 1. The van der Waals surface area contributed by atoms with E-state index in [1.165, 1.54) is 5.69 Å². The van der Waals surface area contributed by atoms with Gasteiger partial charge in [0.1, 0.15) is 17.5 Å². The molecule has 7 nitrogen and oxygen atoms in total. The molecule has 0 saturated carbocycles. The fourth-order valence-corrected chi connectivity index (χ4v) is 3.06. The fourth-order valence-electron chi connectivity index (χ4n) is 3.06. The molecule has 4 rings (SSSR count). The summed E-state index contributed by atoms with van der Waals surface area (Å²) in [7, 11) is 0. The Kier molecular flexibility index (Phi) is 2.83. The molecule has 1 atom stereocenters. The number of rotatable bonds is 2. The van der Waals surface area contributed by atoms with E-state index in [0.29, 0.717) is 11.6 Å². The molecular weight excluding hydrogens is 268 g/mol. The second-order valence-corrected chi connectivity index (χ2v) is 5.44. The summed E-state index contributed by atoms with van der Waals surface area (Å²) < 4.78 is 5.24. The van der Waals surface area contributed by atoms with E-state index >= 15 is 0 Å². The normalized spacial score (nSPS) is 19.3. The smallest absolute Gasteiger partial charge is 0.263 e. The number of hydrogen-bond acceptors (Lipinski definition) is 6. The molecule has 21 heavy (non-hydrogen) atoms. The van der Waals surface area contributed by atoms with Crippen molar-refractivity contribution in [2.45, 2.75) is 25.7 Å². The molecule has 7 heteroatoms. The summed E-state index contributed by atoms with van der Waals surface area (Å²) in [4.78, 5) is 10.9. The number of H-pyrrole nitrogens is 1. The van der Waals surface area contributed by atoms with Crippen molar-refractivity contribution in [3.8, 4) is 0 Å². The van der Waals surface area contributed by atoms with Gasteiger partial charge in [-0.3, -0.25) is 5.10 Å². The third-order valence-electron chi connectivity index (χ3n) is 4.11. The first-order chi connectivity index (χ1) is 10.3. The molecule has 1 aliphatic heterocycles. The lowest BCUT2D eigenvalue weighted by atomic mass is 9.95. The van der Waals surface area contributed by atoms with Crippen LogP contribution in [0.25, 0.3) is 11.1 Å². The van der Waals surface area contributed by atoms with Gasteiger partial charge in [-0.05, 0) is 25.8 Å². The van der Waals surface area contributed by atoms with Crippen LogP contribution in [0.2, 0.25) is 0 Å². The van der Waals surface area contributed by atoms with Gasteiger partial charge in [-0.15, -0.1) is 0 Å². The molecule has 0 radical (unpaired) electrons. The molecule has 1 N–H and O–H groups in total. The Balaban J connectivity index is 1.70. The van der Waals surface area contributed by atoms with Crippen molar-refractivity contribution >= 4 is 16.9 Å². The third kappa shape index (κ3) is 2.05.